The molecule has 2 aromatic heterocycles. The maximum Gasteiger partial charge on any atom is 0.335 e. The van der Waals surface area contributed by atoms with Crippen LogP contribution in [0.2, 0.25) is 0 Å². The number of nitrogen functional groups attached to an aromatic ring is 1. The van der Waals surface area contributed by atoms with E-state index in [1.807, 2.05) is 29.8 Å². The second kappa shape index (κ2) is 15.0. The van der Waals surface area contributed by atoms with Gasteiger partial charge in [-0.1, -0.05) is 6.07 Å². The first-order chi connectivity index (χ1) is 21.3. The number of nitrogens with one attached hydrogen (secondary N) is 2. The number of nitrogens with two attached hydrogens (primary N) is 1. The van der Waals surface area contributed by atoms with Crippen LogP contribution in [0.3, 0.4) is 0 Å². The molecular formula is C29H31N7O9. The van der Waals surface area contributed by atoms with Crippen LogP contribution in [0.1, 0.15) is 28.2 Å². The number of rotatable bonds is 12. The third-order valence-corrected chi connectivity index (χ3v) is 6.39. The lowest BCUT2D eigenvalue weighted by Gasteiger charge is -2.21. The molecule has 4 rings (SSSR count). The number of carboxylic acids is 3. The molecule has 0 saturated heterocycles. The van der Waals surface area contributed by atoms with Gasteiger partial charge in [0.1, 0.15) is 17.5 Å². The van der Waals surface area contributed by atoms with E-state index in [0.717, 1.165) is 17.0 Å². The number of aliphatic carboxylic acids is 3. The molecule has 236 valence electrons. The number of pyridine rings is 1. The Bertz CT molecular complexity index is 1670. The largest absolute Gasteiger partial charge is 0.481 e. The van der Waals surface area contributed by atoms with E-state index in [-0.39, 0.29) is 24.7 Å². The van der Waals surface area contributed by atoms with Crippen molar-refractivity contribution in [2.24, 2.45) is 12.8 Å². The van der Waals surface area contributed by atoms with Gasteiger partial charge in [0.15, 0.2) is 12.2 Å². The molecule has 0 saturated carbocycles. The fraction of sp³-hybridized carbons (Fsp3) is 0.207. The van der Waals surface area contributed by atoms with E-state index in [0.29, 0.717) is 29.0 Å². The smallest absolute Gasteiger partial charge is 0.335 e. The van der Waals surface area contributed by atoms with E-state index in [2.05, 4.69) is 15.3 Å². The molecule has 0 aliphatic heterocycles. The van der Waals surface area contributed by atoms with Gasteiger partial charge in [-0.15, -0.1) is 0 Å². The number of nitrogens with zero attached hydrogens (tertiary/aromatic N) is 4. The lowest BCUT2D eigenvalue weighted by atomic mass is 10.1. The Labute approximate surface area is 255 Å². The van der Waals surface area contributed by atoms with Gasteiger partial charge in [0.2, 0.25) is 0 Å². The zero-order chi connectivity index (χ0) is 33.3. The molecule has 16 nitrogen and oxygen atoms in total. The summed E-state index contributed by atoms with van der Waals surface area (Å²) in [5, 5.41) is 52.4. The summed E-state index contributed by atoms with van der Waals surface area (Å²) >= 11 is 0. The molecule has 2 unspecified atom stereocenters. The van der Waals surface area contributed by atoms with E-state index in [1.165, 1.54) is 4.90 Å². The highest BCUT2D eigenvalue weighted by molar-refractivity contribution is 6.07. The monoisotopic (exact) mass is 621 g/mol. The highest BCUT2D eigenvalue weighted by atomic mass is 16.4. The Balaban J connectivity index is 0.000000477. The number of aliphatic hydroxyl groups is 2. The Hall–Kier alpha value is -5.87. The molecule has 16 heteroatoms. The normalized spacial score (nSPS) is 11.9. The number of carbonyl (C=O) groups excluding carboxylic acids is 1. The van der Waals surface area contributed by atoms with Crippen molar-refractivity contribution in [2.75, 3.05) is 16.8 Å². The van der Waals surface area contributed by atoms with Gasteiger partial charge in [0.05, 0.1) is 24.0 Å². The maximum absolute atomic E-state index is 13.3. The van der Waals surface area contributed by atoms with E-state index in [9.17, 15) is 19.2 Å². The average molecular weight is 622 g/mol. The summed E-state index contributed by atoms with van der Waals surface area (Å²) in [6.45, 7) is 0.454. The number of hydrogen-bond donors (Lipinski definition) is 8. The van der Waals surface area contributed by atoms with Gasteiger partial charge in [-0.25, -0.2) is 19.6 Å². The third kappa shape index (κ3) is 8.82. The van der Waals surface area contributed by atoms with Crippen LogP contribution in [-0.2, 0) is 28.0 Å². The van der Waals surface area contributed by atoms with Crippen molar-refractivity contribution in [1.82, 2.24) is 14.5 Å². The Morgan fingerprint density at radius 3 is 2.11 bits per heavy atom. The number of aliphatic hydroxyl groups excluding tert-OH is 2. The first-order valence-corrected chi connectivity index (χ1v) is 13.2. The number of carbonyl (C=O) groups is 4. The summed E-state index contributed by atoms with van der Waals surface area (Å²) in [7, 11) is 1.90. The zero-order valence-corrected chi connectivity index (χ0v) is 23.9. The molecule has 2 aromatic carbocycles. The minimum atomic E-state index is -2.27. The van der Waals surface area contributed by atoms with Crippen LogP contribution in [0.5, 0.6) is 0 Å². The topological polar surface area (TPSA) is 265 Å². The fourth-order valence-corrected chi connectivity index (χ4v) is 3.96. The van der Waals surface area contributed by atoms with Crippen LogP contribution in [0.4, 0.5) is 11.5 Å². The van der Waals surface area contributed by atoms with Crippen LogP contribution < -0.4 is 16.0 Å². The lowest BCUT2D eigenvalue weighted by molar-refractivity contribution is -0.165. The number of amidine groups is 1. The summed E-state index contributed by atoms with van der Waals surface area (Å²) in [5.41, 5.74) is 8.92. The first kappa shape index (κ1) is 33.6. The predicted octanol–water partition coefficient (Wildman–Crippen LogP) is 0.863. The molecular weight excluding hydrogens is 590 g/mol. The van der Waals surface area contributed by atoms with Crippen molar-refractivity contribution in [3.63, 3.8) is 0 Å². The van der Waals surface area contributed by atoms with Gasteiger partial charge in [-0.3, -0.25) is 19.9 Å². The molecule has 0 fully saturated rings. The number of fused-ring (bicyclic) bond motifs is 1. The van der Waals surface area contributed by atoms with Crippen LogP contribution in [0, 0.1) is 5.41 Å². The van der Waals surface area contributed by atoms with Crippen molar-refractivity contribution in [2.45, 2.75) is 25.2 Å². The number of anilines is 2. The minimum Gasteiger partial charge on any atom is -0.481 e. The SMILES string of the molecule is Cn1c(CNc2ccc(C(=N)N)cc2)nc2cc(C(=O)N(CCC(=O)O)c3ccccn3)ccc21.O=C(O)C(O)C(O)C(=O)O. The Kier molecular flexibility index (Phi) is 11.2. The summed E-state index contributed by atoms with van der Waals surface area (Å²) in [5.74, 6) is -3.70. The second-order valence-electron chi connectivity index (χ2n) is 9.49. The van der Waals surface area contributed by atoms with Gasteiger partial charge in [-0.2, -0.15) is 0 Å². The molecule has 0 radical (unpaired) electrons. The van der Waals surface area contributed by atoms with E-state index >= 15 is 0 Å². The minimum absolute atomic E-state index is 0.00300. The summed E-state index contributed by atoms with van der Waals surface area (Å²) in [4.78, 5) is 54.2. The summed E-state index contributed by atoms with van der Waals surface area (Å²) in [6.07, 6.45) is -3.17. The van der Waals surface area contributed by atoms with Gasteiger partial charge in [0, 0.05) is 36.6 Å². The van der Waals surface area contributed by atoms with Crippen molar-refractivity contribution in [3.05, 3.63) is 83.8 Å². The van der Waals surface area contributed by atoms with Crippen LogP contribution >= 0.6 is 0 Å². The van der Waals surface area contributed by atoms with E-state index < -0.39 is 30.1 Å². The number of imidazole rings is 1. The molecule has 2 atom stereocenters. The Morgan fingerprint density at radius 1 is 0.956 bits per heavy atom. The van der Waals surface area contributed by atoms with Gasteiger partial charge in [0.25, 0.3) is 5.91 Å². The Morgan fingerprint density at radius 2 is 1.58 bits per heavy atom. The lowest BCUT2D eigenvalue weighted by Crippen LogP contribution is -2.39. The second-order valence-corrected chi connectivity index (χ2v) is 9.49. The van der Waals surface area contributed by atoms with E-state index in [1.54, 1.807) is 48.7 Å². The molecule has 0 aliphatic carbocycles. The molecule has 0 bridgehead atoms. The van der Waals surface area contributed by atoms with Crippen molar-refractivity contribution in [3.8, 4) is 0 Å². The molecule has 9 N–H and O–H groups in total. The number of aryl methyl sites for hydroxylation is 1. The summed E-state index contributed by atoms with van der Waals surface area (Å²) < 4.78 is 1.95. The first-order valence-electron chi connectivity index (χ1n) is 13.2. The number of aromatic nitrogens is 3. The zero-order valence-electron chi connectivity index (χ0n) is 23.9. The highest BCUT2D eigenvalue weighted by Crippen LogP contribution is 2.21. The molecule has 0 aliphatic rings. The average Bonchev–Trinajstić information content (AvgIpc) is 3.34. The third-order valence-electron chi connectivity index (χ3n) is 6.39. The summed E-state index contributed by atoms with van der Waals surface area (Å²) in [6, 6.07) is 17.6. The number of benzene rings is 2. The van der Waals surface area contributed by atoms with Gasteiger partial charge in [-0.05, 0) is 54.6 Å². The molecule has 0 spiro atoms. The fourth-order valence-electron chi connectivity index (χ4n) is 3.96. The highest BCUT2D eigenvalue weighted by Gasteiger charge is 2.29. The molecule has 45 heavy (non-hydrogen) atoms. The molecule has 2 heterocycles. The molecule has 4 aromatic rings. The van der Waals surface area contributed by atoms with Crippen LogP contribution in [0.15, 0.2) is 66.9 Å². The number of hydrogen-bond acceptors (Lipinski definition) is 10. The number of amides is 1. The van der Waals surface area contributed by atoms with Crippen LogP contribution in [0.25, 0.3) is 11.0 Å². The van der Waals surface area contributed by atoms with Gasteiger partial charge >= 0.3 is 17.9 Å². The standard InChI is InChI=1S/C25H25N7O3.C4H6O6/c1-31-20-10-7-17(25(35)32(13-11-23(33)34)21-4-2-3-12-28-21)14-19(20)30-22(31)15-29-18-8-5-16(6-9-18)24(26)27;5-1(3(7)8)2(6)4(9)10/h2-10,12,14,29H,11,13,15H2,1H3,(H3,26,27)(H,33,34);1-2,5-6H,(H,7,8)(H,9,10). The van der Waals surface area contributed by atoms with Crippen molar-refractivity contribution >= 4 is 52.2 Å². The van der Waals surface area contributed by atoms with Crippen molar-refractivity contribution in [1.29, 1.82) is 5.41 Å². The van der Waals surface area contributed by atoms with Crippen LogP contribution in [-0.4, -0.2) is 88.5 Å². The molecule has 1 amide bonds. The van der Waals surface area contributed by atoms with Crippen molar-refractivity contribution < 1.29 is 44.7 Å². The van der Waals surface area contributed by atoms with Gasteiger partial charge < -0.3 is 41.2 Å². The van der Waals surface area contributed by atoms with E-state index in [4.69, 9.17) is 36.7 Å². The maximum atomic E-state index is 13.3. The predicted molar refractivity (Wildman–Crippen MR) is 161 cm³/mol. The number of carboxylic acid groups (broad SMARTS) is 3. The quantitative estimate of drug-likeness (QED) is 0.0807.